The van der Waals surface area contributed by atoms with Crippen LogP contribution in [0.5, 0.6) is 0 Å². The van der Waals surface area contributed by atoms with Crippen LogP contribution in [0.3, 0.4) is 0 Å². The van der Waals surface area contributed by atoms with Gasteiger partial charge in [0.25, 0.3) is 0 Å². The van der Waals surface area contributed by atoms with E-state index < -0.39 is 15.9 Å². The fourth-order valence-corrected chi connectivity index (χ4v) is 0.677. The molecule has 0 saturated heterocycles. The zero-order valence-corrected chi connectivity index (χ0v) is 11.1. The van der Waals surface area contributed by atoms with Crippen molar-refractivity contribution in [3.8, 4) is 0 Å². The van der Waals surface area contributed by atoms with Crippen molar-refractivity contribution in [2.75, 3.05) is 13.2 Å². The standard InChI is InChI=1S/2C2H5O.C2H5.2Al.3H/c2*1-2-3;1-2;;;;;/h2*2H2,1H3;1H2,2H3;;;;;/q2*-1;;;+2;;;. The van der Waals surface area contributed by atoms with Gasteiger partial charge in [0.2, 0.25) is 16.3 Å². The average Bonchev–Trinajstić information content (AvgIpc) is 1.91. The topological polar surface area (TPSA) is 18.5 Å². The molecule has 0 saturated carbocycles. The van der Waals surface area contributed by atoms with Crippen LogP contribution >= 0.6 is 0 Å². The molecule has 0 unspecified atom stereocenters. The maximum absolute atomic E-state index is 4.99. The number of hydrogen-bond donors (Lipinski definition) is 0. The lowest BCUT2D eigenvalue weighted by atomic mass is 10.9. The summed E-state index contributed by atoms with van der Waals surface area (Å²) < 4.78 is 9.98. The number of hydrogen-bond acceptors (Lipinski definition) is 2. The van der Waals surface area contributed by atoms with Gasteiger partial charge in [-0.2, -0.15) is 0 Å². The maximum atomic E-state index is 4.99. The summed E-state index contributed by atoms with van der Waals surface area (Å²) in [5.74, 6) is 0. The Morgan fingerprint density at radius 3 is 1.60 bits per heavy atom. The van der Waals surface area contributed by atoms with Crippen molar-refractivity contribution in [3.63, 3.8) is 0 Å². The molecule has 0 spiro atoms. The van der Waals surface area contributed by atoms with Crippen LogP contribution in [0, 0.1) is 0 Å². The molecule has 60 valence electrons. The lowest BCUT2D eigenvalue weighted by Gasteiger charge is -1.95. The normalized spacial score (nSPS) is 7.90. The van der Waals surface area contributed by atoms with Gasteiger partial charge in [0.15, 0.2) is 0 Å². The molecular weight excluding hydrogens is 158 g/mol. The quantitative estimate of drug-likeness (QED) is 0.455. The third-order valence-corrected chi connectivity index (χ3v) is 1.72. The highest BCUT2D eigenvalue weighted by atomic mass is 27.2. The lowest BCUT2D eigenvalue weighted by Crippen LogP contribution is -2.02. The van der Waals surface area contributed by atoms with Crippen molar-refractivity contribution >= 4 is 32.2 Å². The molecule has 0 fully saturated rings. The first-order valence-corrected chi connectivity index (χ1v) is 6.55. The molecule has 0 bridgehead atoms. The van der Waals surface area contributed by atoms with E-state index in [1.54, 1.807) is 0 Å². The lowest BCUT2D eigenvalue weighted by molar-refractivity contribution is 0.240. The van der Waals surface area contributed by atoms with Crippen molar-refractivity contribution in [2.24, 2.45) is 0 Å². The van der Waals surface area contributed by atoms with E-state index in [-0.39, 0.29) is 0 Å². The Bertz CT molecular complexity index is 40.7. The van der Waals surface area contributed by atoms with Gasteiger partial charge in [-0.3, -0.25) is 0 Å². The SMILES string of the molecule is CC[O][AlH][O]CC.C[CH2][AlH2]. The van der Waals surface area contributed by atoms with Gasteiger partial charge >= 0.3 is 15.9 Å². The maximum Gasteiger partial charge on any atom is 0.649 e. The molecule has 0 aromatic rings. The summed E-state index contributed by atoms with van der Waals surface area (Å²) in [6.45, 7) is 7.74. The molecule has 0 atom stereocenters. The van der Waals surface area contributed by atoms with Crippen LogP contribution in [0.25, 0.3) is 0 Å². The first kappa shape index (κ1) is 13.6. The summed E-state index contributed by atoms with van der Waals surface area (Å²) in [6, 6.07) is 0. The van der Waals surface area contributed by atoms with Crippen molar-refractivity contribution in [1.29, 1.82) is 0 Å². The Labute approximate surface area is 79.1 Å². The van der Waals surface area contributed by atoms with Crippen molar-refractivity contribution < 1.29 is 7.58 Å². The fraction of sp³-hybridized carbons (Fsp3) is 1.00. The minimum absolute atomic E-state index is 0.589. The Kier molecular flexibility index (Phi) is 22.4. The first-order valence-electron chi connectivity index (χ1n) is 3.98. The summed E-state index contributed by atoms with van der Waals surface area (Å²) in [4.78, 5) is 0. The van der Waals surface area contributed by atoms with E-state index in [1.165, 1.54) is 21.6 Å². The third-order valence-electron chi connectivity index (χ3n) is 0.575. The highest BCUT2D eigenvalue weighted by Gasteiger charge is 1.88. The van der Waals surface area contributed by atoms with Crippen molar-refractivity contribution in [3.05, 3.63) is 0 Å². The van der Waals surface area contributed by atoms with E-state index >= 15 is 0 Å². The van der Waals surface area contributed by atoms with Crippen LogP contribution in [-0.2, 0) is 7.58 Å². The molecule has 0 aliphatic rings. The summed E-state index contributed by atoms with van der Waals surface area (Å²) in [6.07, 6.45) is 0. The molecule has 0 amide bonds. The van der Waals surface area contributed by atoms with Crippen LogP contribution in [0.15, 0.2) is 0 Å². The predicted molar refractivity (Wildman–Crippen MR) is 49.4 cm³/mol. The number of rotatable bonds is 4. The van der Waals surface area contributed by atoms with E-state index in [9.17, 15) is 0 Å². The summed E-state index contributed by atoms with van der Waals surface area (Å²) in [5, 5.41) is 1.39. The molecule has 4 heteroatoms. The molecule has 0 aliphatic carbocycles. The van der Waals surface area contributed by atoms with Crippen LogP contribution in [0.2, 0.25) is 5.28 Å². The summed E-state index contributed by atoms with van der Waals surface area (Å²) in [7, 11) is 0. The average molecular weight is 176 g/mol. The molecule has 0 radical (unpaired) electrons. The first-order chi connectivity index (χ1) is 4.83. The van der Waals surface area contributed by atoms with Gasteiger partial charge in [-0.25, -0.2) is 0 Å². The van der Waals surface area contributed by atoms with Gasteiger partial charge in [0.1, 0.15) is 0 Å². The fourth-order valence-electron chi connectivity index (χ4n) is 0.226. The Morgan fingerprint density at radius 1 is 1.10 bits per heavy atom. The second-order valence-corrected chi connectivity index (χ2v) is 4.28. The highest BCUT2D eigenvalue weighted by Crippen LogP contribution is 1.70. The third kappa shape index (κ3) is 23.1. The molecule has 0 heterocycles. The molecule has 0 N–H and O–H groups in total. The molecule has 10 heavy (non-hydrogen) atoms. The second kappa shape index (κ2) is 16.5. The van der Waals surface area contributed by atoms with E-state index in [1.807, 2.05) is 13.8 Å². The van der Waals surface area contributed by atoms with Crippen LogP contribution in [0.1, 0.15) is 20.8 Å². The van der Waals surface area contributed by atoms with E-state index in [4.69, 9.17) is 7.58 Å². The van der Waals surface area contributed by atoms with Crippen molar-refractivity contribution in [1.82, 2.24) is 0 Å². The van der Waals surface area contributed by atoms with Crippen LogP contribution < -0.4 is 0 Å². The zero-order chi connectivity index (χ0) is 8.24. The Hall–Kier alpha value is 0.985. The summed E-state index contributed by atoms with van der Waals surface area (Å²) >= 11 is 0.780. The molecule has 0 aromatic carbocycles. The highest BCUT2D eigenvalue weighted by molar-refractivity contribution is 6.17. The molecular formula is C6H18Al2O2. The molecule has 0 aromatic heterocycles. The minimum atomic E-state index is -0.589. The monoisotopic (exact) mass is 176 g/mol. The molecule has 0 rings (SSSR count). The van der Waals surface area contributed by atoms with Gasteiger partial charge in [-0.05, 0) is 13.8 Å². The van der Waals surface area contributed by atoms with Gasteiger partial charge in [-0.1, -0.05) is 6.92 Å². The van der Waals surface area contributed by atoms with E-state index in [0.717, 1.165) is 13.2 Å². The van der Waals surface area contributed by atoms with Crippen LogP contribution in [0.4, 0.5) is 0 Å². The van der Waals surface area contributed by atoms with E-state index in [0.29, 0.717) is 0 Å². The van der Waals surface area contributed by atoms with Gasteiger partial charge in [-0.15, -0.1) is 5.28 Å². The summed E-state index contributed by atoms with van der Waals surface area (Å²) in [5.41, 5.74) is 0. The van der Waals surface area contributed by atoms with Crippen LogP contribution in [-0.4, -0.2) is 45.4 Å². The smallest absolute Gasteiger partial charge is 0.481 e. The van der Waals surface area contributed by atoms with Gasteiger partial charge in [0.05, 0.1) is 0 Å². The Balaban J connectivity index is 0. The Morgan fingerprint density at radius 2 is 1.40 bits per heavy atom. The second-order valence-electron chi connectivity index (χ2n) is 1.81. The molecule has 2 nitrogen and oxygen atoms in total. The van der Waals surface area contributed by atoms with Gasteiger partial charge < -0.3 is 7.58 Å². The zero-order valence-electron chi connectivity index (χ0n) is 7.64. The minimum Gasteiger partial charge on any atom is -0.481 e. The van der Waals surface area contributed by atoms with Crippen molar-refractivity contribution in [2.45, 2.75) is 26.1 Å². The largest absolute Gasteiger partial charge is 0.649 e. The molecule has 0 aliphatic heterocycles. The predicted octanol–water partition coefficient (Wildman–Crippen LogP) is 0.384. The van der Waals surface area contributed by atoms with E-state index in [2.05, 4.69) is 6.92 Å². The van der Waals surface area contributed by atoms with Gasteiger partial charge in [0, 0.05) is 13.2 Å².